The molecule has 1 N–H and O–H groups in total. The van der Waals surface area contributed by atoms with Crippen LogP contribution in [0.5, 0.6) is 0 Å². The highest BCUT2D eigenvalue weighted by molar-refractivity contribution is 8.00. The summed E-state index contributed by atoms with van der Waals surface area (Å²) in [6, 6.07) is 13.0. The maximum Gasteiger partial charge on any atom is 0.237 e. The number of hydrogen-bond acceptors (Lipinski definition) is 4. The van der Waals surface area contributed by atoms with Crippen LogP contribution in [0.3, 0.4) is 0 Å². The molecule has 150 valence electrons. The van der Waals surface area contributed by atoms with Crippen LogP contribution in [0.1, 0.15) is 37.1 Å². The van der Waals surface area contributed by atoms with Gasteiger partial charge in [0, 0.05) is 12.0 Å². The van der Waals surface area contributed by atoms with Crippen molar-refractivity contribution < 1.29 is 13.6 Å². The first-order valence-corrected chi connectivity index (χ1v) is 10.3. The molecule has 8 heteroatoms. The largest absolute Gasteiger partial charge is 0.323 e. The monoisotopic (exact) mass is 414 g/mol. The second-order valence-electron chi connectivity index (χ2n) is 7.06. The highest BCUT2D eigenvalue weighted by Gasteiger charge is 2.31. The van der Waals surface area contributed by atoms with Gasteiger partial charge in [0.2, 0.25) is 5.91 Å². The second-order valence-corrected chi connectivity index (χ2v) is 8.37. The fraction of sp³-hybridized carbons (Fsp3) is 0.286. The first-order chi connectivity index (χ1) is 14.0. The van der Waals surface area contributed by atoms with Gasteiger partial charge < -0.3 is 9.88 Å². The Bertz CT molecular complexity index is 1020. The third-order valence-electron chi connectivity index (χ3n) is 4.71. The molecule has 1 atom stereocenters. The summed E-state index contributed by atoms with van der Waals surface area (Å²) in [6.07, 6.45) is 2.18. The van der Waals surface area contributed by atoms with Crippen molar-refractivity contribution in [1.82, 2.24) is 14.8 Å². The number of benzene rings is 2. The number of anilines is 1. The van der Waals surface area contributed by atoms with Gasteiger partial charge in [-0.3, -0.25) is 4.79 Å². The van der Waals surface area contributed by atoms with E-state index in [1.807, 2.05) is 34.9 Å². The van der Waals surface area contributed by atoms with Gasteiger partial charge in [-0.15, -0.1) is 10.2 Å². The van der Waals surface area contributed by atoms with E-state index in [0.29, 0.717) is 17.6 Å². The van der Waals surface area contributed by atoms with Crippen LogP contribution in [0.15, 0.2) is 53.7 Å². The van der Waals surface area contributed by atoms with Crippen molar-refractivity contribution in [3.8, 4) is 0 Å². The lowest BCUT2D eigenvalue weighted by Gasteiger charge is -2.14. The van der Waals surface area contributed by atoms with Gasteiger partial charge in [-0.25, -0.2) is 8.78 Å². The number of aromatic nitrogens is 3. The zero-order valence-corrected chi connectivity index (χ0v) is 16.6. The van der Waals surface area contributed by atoms with E-state index in [0.717, 1.165) is 42.4 Å². The molecule has 4 rings (SSSR count). The van der Waals surface area contributed by atoms with Gasteiger partial charge >= 0.3 is 0 Å². The van der Waals surface area contributed by atoms with E-state index in [-0.39, 0.29) is 5.69 Å². The zero-order valence-electron chi connectivity index (χ0n) is 15.8. The quantitative estimate of drug-likeness (QED) is 0.574. The normalized spacial score (nSPS) is 14.6. The van der Waals surface area contributed by atoms with Gasteiger partial charge in [0.15, 0.2) is 5.16 Å². The van der Waals surface area contributed by atoms with Crippen molar-refractivity contribution >= 4 is 23.4 Å². The van der Waals surface area contributed by atoms with E-state index < -0.39 is 22.8 Å². The number of nitrogens with zero attached hydrogens (tertiary/aromatic N) is 3. The fourth-order valence-electron chi connectivity index (χ4n) is 2.98. The summed E-state index contributed by atoms with van der Waals surface area (Å²) in [5.41, 5.74) is 0.946. The smallest absolute Gasteiger partial charge is 0.237 e. The maximum atomic E-state index is 13.8. The Morgan fingerprint density at radius 2 is 1.97 bits per heavy atom. The molecule has 2 aromatic carbocycles. The van der Waals surface area contributed by atoms with Gasteiger partial charge in [-0.1, -0.05) is 42.1 Å². The number of halogens is 2. The van der Waals surface area contributed by atoms with Gasteiger partial charge in [0.25, 0.3) is 0 Å². The molecule has 0 radical (unpaired) electrons. The lowest BCUT2D eigenvalue weighted by atomic mass is 10.2. The second kappa shape index (κ2) is 8.32. The van der Waals surface area contributed by atoms with Crippen molar-refractivity contribution in [2.24, 2.45) is 0 Å². The predicted molar refractivity (Wildman–Crippen MR) is 108 cm³/mol. The Morgan fingerprint density at radius 3 is 2.69 bits per heavy atom. The summed E-state index contributed by atoms with van der Waals surface area (Å²) < 4.78 is 29.2. The third-order valence-corrected chi connectivity index (χ3v) is 5.79. The zero-order chi connectivity index (χ0) is 20.4. The molecule has 1 aliphatic carbocycles. The van der Waals surface area contributed by atoms with Crippen LogP contribution in [-0.4, -0.2) is 25.9 Å². The molecule has 1 fully saturated rings. The molecule has 29 heavy (non-hydrogen) atoms. The molecule has 1 aromatic heterocycles. The standard InChI is InChI=1S/C21H20F2N4OS/c1-13(20(28)24-18-11-16(22)9-10-17(18)23)29-21-26-25-19(15-7-8-15)27(21)12-14-5-3-2-4-6-14/h2-6,9-11,13,15H,7-8,12H2,1H3,(H,24,28). The maximum absolute atomic E-state index is 13.8. The van der Waals surface area contributed by atoms with E-state index in [9.17, 15) is 13.6 Å². The summed E-state index contributed by atoms with van der Waals surface area (Å²) in [5, 5.41) is 11.2. The molecular weight excluding hydrogens is 394 g/mol. The first-order valence-electron chi connectivity index (χ1n) is 9.41. The lowest BCUT2D eigenvalue weighted by molar-refractivity contribution is -0.115. The number of carbonyl (C=O) groups excluding carboxylic acids is 1. The van der Waals surface area contributed by atoms with Gasteiger partial charge in [-0.05, 0) is 37.5 Å². The highest BCUT2D eigenvalue weighted by Crippen LogP contribution is 2.40. The summed E-state index contributed by atoms with van der Waals surface area (Å²) >= 11 is 1.25. The summed E-state index contributed by atoms with van der Waals surface area (Å²) in [6.45, 7) is 2.32. The average molecular weight is 414 g/mol. The fourth-order valence-corrected chi connectivity index (χ4v) is 3.84. The number of amides is 1. The van der Waals surface area contributed by atoms with Gasteiger partial charge in [0.05, 0.1) is 17.5 Å². The number of hydrogen-bond donors (Lipinski definition) is 1. The van der Waals surface area contributed by atoms with Gasteiger partial charge in [-0.2, -0.15) is 0 Å². The van der Waals surface area contributed by atoms with E-state index in [1.165, 1.54) is 11.8 Å². The number of carbonyl (C=O) groups is 1. The molecular formula is C21H20F2N4OS. The first kappa shape index (κ1) is 19.6. The van der Waals surface area contributed by atoms with Crippen molar-refractivity contribution in [3.63, 3.8) is 0 Å². The van der Waals surface area contributed by atoms with Crippen molar-refractivity contribution in [1.29, 1.82) is 0 Å². The van der Waals surface area contributed by atoms with E-state index in [2.05, 4.69) is 15.5 Å². The number of rotatable bonds is 7. The van der Waals surface area contributed by atoms with Crippen LogP contribution < -0.4 is 5.32 Å². The Kier molecular flexibility index (Phi) is 5.62. The third kappa shape index (κ3) is 4.64. The highest BCUT2D eigenvalue weighted by atomic mass is 32.2. The van der Waals surface area contributed by atoms with E-state index >= 15 is 0 Å². The predicted octanol–water partition coefficient (Wildman–Crippen LogP) is 4.60. The molecule has 0 spiro atoms. The SMILES string of the molecule is CC(Sc1nnc(C2CC2)n1Cc1ccccc1)C(=O)Nc1cc(F)ccc1F. The average Bonchev–Trinajstić information content (AvgIpc) is 3.48. The summed E-state index contributed by atoms with van der Waals surface area (Å²) in [5.74, 6) is -0.383. The molecule has 1 unspecified atom stereocenters. The molecule has 5 nitrogen and oxygen atoms in total. The van der Waals surface area contributed by atoms with Crippen LogP contribution >= 0.6 is 11.8 Å². The minimum atomic E-state index is -0.680. The van der Waals surface area contributed by atoms with Gasteiger partial charge in [0.1, 0.15) is 17.5 Å². The van der Waals surface area contributed by atoms with E-state index in [4.69, 9.17) is 0 Å². The molecule has 1 saturated carbocycles. The van der Waals surface area contributed by atoms with Crippen LogP contribution in [-0.2, 0) is 11.3 Å². The van der Waals surface area contributed by atoms with Crippen LogP contribution in [0.25, 0.3) is 0 Å². The summed E-state index contributed by atoms with van der Waals surface area (Å²) in [7, 11) is 0. The number of nitrogens with one attached hydrogen (secondary N) is 1. The van der Waals surface area contributed by atoms with Crippen LogP contribution in [0, 0.1) is 11.6 Å². The molecule has 1 aliphatic rings. The molecule has 1 heterocycles. The minimum absolute atomic E-state index is 0.174. The Hall–Kier alpha value is -2.74. The summed E-state index contributed by atoms with van der Waals surface area (Å²) in [4.78, 5) is 12.5. The topological polar surface area (TPSA) is 59.8 Å². The van der Waals surface area contributed by atoms with Crippen LogP contribution in [0.4, 0.5) is 14.5 Å². The lowest BCUT2D eigenvalue weighted by Crippen LogP contribution is -2.23. The minimum Gasteiger partial charge on any atom is -0.323 e. The van der Waals surface area contributed by atoms with E-state index in [1.54, 1.807) is 6.92 Å². The molecule has 0 saturated heterocycles. The molecule has 1 amide bonds. The Morgan fingerprint density at radius 1 is 1.21 bits per heavy atom. The van der Waals surface area contributed by atoms with Crippen molar-refractivity contribution in [2.45, 2.75) is 42.6 Å². The van der Waals surface area contributed by atoms with Crippen molar-refractivity contribution in [2.75, 3.05) is 5.32 Å². The van der Waals surface area contributed by atoms with Crippen molar-refractivity contribution in [3.05, 3.63) is 71.6 Å². The Balaban J connectivity index is 1.51. The molecule has 3 aromatic rings. The van der Waals surface area contributed by atoms with Crippen LogP contribution in [0.2, 0.25) is 0 Å². The number of thioether (sulfide) groups is 1. The molecule has 0 bridgehead atoms. The molecule has 0 aliphatic heterocycles. The Labute approximate surface area is 171 Å².